The number of nitrogens with two attached hydrogens (primary N) is 3. The summed E-state index contributed by atoms with van der Waals surface area (Å²) in [6.45, 7) is -3.40. The van der Waals surface area contributed by atoms with Crippen LogP contribution in [0.5, 0.6) is 0 Å². The third-order valence-corrected chi connectivity index (χ3v) is 22.6. The van der Waals surface area contributed by atoms with Crippen molar-refractivity contribution in [1.82, 2.24) is 58.6 Å². The second-order valence-corrected chi connectivity index (χ2v) is 31.1. The number of aromatic nitrogens is 12. The zero-order valence-corrected chi connectivity index (χ0v) is 64.7. The number of phosphoric ester groups is 3. The molecule has 0 aliphatic carbocycles. The number of aliphatic hydroxyl groups is 6. The minimum Gasteiger partial charge on any atom is -0.790 e. The third kappa shape index (κ3) is 26.7. The number of anilines is 3. The number of nitrogen functional groups attached to an aromatic ring is 3. The van der Waals surface area contributed by atoms with Gasteiger partial charge in [-0.2, -0.15) is 15.0 Å². The van der Waals surface area contributed by atoms with Crippen LogP contribution >= 0.6 is 70.4 Å². The van der Waals surface area contributed by atoms with Gasteiger partial charge in [-0.05, 0) is 0 Å². The van der Waals surface area contributed by atoms with Gasteiger partial charge in [0, 0.05) is 0 Å². The predicted octanol–water partition coefficient (Wildman–Crippen LogP) is -14.6. The molecule has 6 aromatic heterocycles. The van der Waals surface area contributed by atoms with E-state index < -0.39 is 181 Å². The number of fused-ring (bicyclic) bond motifs is 3. The Morgan fingerprint density at radius 3 is 0.790 bits per heavy atom. The molecule has 6 unspecified atom stereocenters. The quantitative estimate of drug-likeness (QED) is 0.0250. The Labute approximate surface area is 712 Å². The molecule has 3 aliphatic rings. The molecule has 9 heterocycles. The van der Waals surface area contributed by atoms with Crippen LogP contribution in [0.2, 0.25) is 0 Å². The Bertz CT molecular complexity index is 4090. The average molecular weight is 2170 g/mol. The van der Waals surface area contributed by atoms with Gasteiger partial charge in [-0.25, -0.2) is 27.9 Å². The summed E-state index contributed by atoms with van der Waals surface area (Å²) >= 11 is 0. The van der Waals surface area contributed by atoms with E-state index in [4.69, 9.17) is 31.4 Å². The first-order valence-corrected chi connectivity index (χ1v) is 37.3. The number of imidazole rings is 3. The van der Waals surface area contributed by atoms with Gasteiger partial charge in [-0.1, -0.05) is 0 Å². The standard InChI is InChI=1S/3C10H16N5O14P3.4Eu/c3*11-10-13-7-4(8(18)14-10)12-2-15(7)9-6(17)5(16)3(27-9)1-26-31(22,23)29-32(24,25)28-30(19,20)21;;;;/h3*2-3,5-6,9,16-17H,1H2,(H,22,23)(H,24,25)(H2,19,20,21)(H3,11,13,14,18);;;;/q;;;4*+3/p-12/t3*3-,5-,6-,9-;;;;/m111..../s1. The van der Waals surface area contributed by atoms with Crippen LogP contribution in [0.1, 0.15) is 18.7 Å². The molecule has 3 saturated heterocycles. The molecule has 15 N–H and O–H groups in total. The number of nitrogens with zero attached hydrogens (tertiary/aromatic N) is 9. The van der Waals surface area contributed by atoms with Crippen LogP contribution in [0.15, 0.2) is 33.4 Å². The number of aromatic amines is 3. The molecule has 100 heavy (non-hydrogen) atoms. The largest absolute Gasteiger partial charge is 3.00 e. The number of rotatable bonds is 24. The Hall–Kier alpha value is 1.66. The maximum absolute atomic E-state index is 11.8. The van der Waals surface area contributed by atoms with Crippen LogP contribution in [0.25, 0.3) is 33.5 Å². The topological polar surface area (TPSA) is 931 Å². The molecule has 0 spiro atoms. The number of ether oxygens (including phenoxy) is 3. The summed E-state index contributed by atoms with van der Waals surface area (Å²) in [7, 11) is -54.5. The van der Waals surface area contributed by atoms with E-state index in [0.717, 1.165) is 32.7 Å². The van der Waals surface area contributed by atoms with E-state index in [-0.39, 0.29) is 249 Å². The molecule has 0 bridgehead atoms. The van der Waals surface area contributed by atoms with Crippen molar-refractivity contribution in [3.05, 3.63) is 50.0 Å². The third-order valence-electron chi connectivity index (χ3n) is 11.6. The fourth-order valence-electron chi connectivity index (χ4n) is 8.02. The molecule has 9 rings (SSSR count). The van der Waals surface area contributed by atoms with Gasteiger partial charge in [0.25, 0.3) is 63.6 Å². The van der Waals surface area contributed by atoms with E-state index in [9.17, 15) is 145 Å². The van der Waals surface area contributed by atoms with Crippen LogP contribution in [-0.4, -0.2) is 164 Å². The predicted molar refractivity (Wildman–Crippen MR) is 268 cm³/mol. The average Bonchev–Trinajstić information content (AvgIpc) is 1.63. The molecule has 0 radical (unpaired) electrons. The SMILES string of the molecule is Nc1nc2c(ncn2[C@@H]2O[C@H](COP(=O)([O-])OP(=O)([O-])OP(=O)([O-])[O-])[C@@H](O)[C@H]2O)c(=O)[nH]1.Nc1nc2c(ncn2[C@@H]2O[C@H](COP(=O)([O-])OP(=O)([O-])OP(=O)([O-])[O-])[C@@H](O)[C@H]2O)c(=O)[nH]1.Nc1nc2c(ncn2[C@@H]2O[C@H](COP(=O)([O-])OP(=O)([O-])OP(=O)([O-])[O-])[C@@H](O)[C@H]2O)c(=O)[nH]1.[Eu+3].[Eu+3].[Eu+3].[Eu+3]. The van der Waals surface area contributed by atoms with E-state index >= 15 is 0 Å². The molecule has 18 atom stereocenters. The second-order valence-electron chi connectivity index (χ2n) is 18.4. The fraction of sp³-hybridized carbons (Fsp3) is 0.500. The maximum Gasteiger partial charge on any atom is 3.00 e. The Morgan fingerprint density at radius 1 is 0.380 bits per heavy atom. The normalized spacial score (nSPS) is 26.8. The van der Waals surface area contributed by atoms with E-state index in [1.807, 2.05) is 0 Å². The van der Waals surface area contributed by atoms with Gasteiger partial charge in [-0.15, -0.1) is 0 Å². The molecule has 3 aliphatic heterocycles. The molecular formula is C30H36Eu4N15O42P9. The van der Waals surface area contributed by atoms with Crippen LogP contribution in [0.4, 0.5) is 17.8 Å². The van der Waals surface area contributed by atoms with E-state index in [1.165, 1.54) is 0 Å². The molecule has 556 valence electrons. The first kappa shape index (κ1) is 95.9. The van der Waals surface area contributed by atoms with Crippen molar-refractivity contribution in [3.63, 3.8) is 0 Å². The van der Waals surface area contributed by atoms with Crippen molar-refractivity contribution in [2.45, 2.75) is 73.6 Å². The van der Waals surface area contributed by atoms with Gasteiger partial charge in [0.05, 0.1) is 62.3 Å². The fourth-order valence-corrected chi connectivity index (χ4v) is 16.6. The monoisotopic (exact) mass is 2170 g/mol. The van der Waals surface area contributed by atoms with Gasteiger partial charge in [-0.3, -0.25) is 83.4 Å². The molecule has 6 aromatic rings. The summed E-state index contributed by atoms with van der Waals surface area (Å²) < 4.78 is 150. The summed E-state index contributed by atoms with van der Waals surface area (Å²) in [6.07, 6.45) is -16.8. The summed E-state index contributed by atoms with van der Waals surface area (Å²) in [4.78, 5) is 195. The van der Waals surface area contributed by atoms with Crippen molar-refractivity contribution in [1.29, 1.82) is 0 Å². The smallest absolute Gasteiger partial charge is 0.790 e. The Kier molecular flexibility index (Phi) is 35.8. The number of nitrogens with one attached hydrogen (secondary N) is 3. The van der Waals surface area contributed by atoms with Gasteiger partial charge in [0.2, 0.25) is 17.8 Å². The van der Waals surface area contributed by atoms with Crippen molar-refractivity contribution >= 4 is 122 Å². The number of aliphatic hydroxyl groups excluding tert-OH is 6. The van der Waals surface area contributed by atoms with Crippen molar-refractivity contribution in [3.8, 4) is 0 Å². The van der Waals surface area contributed by atoms with Crippen molar-refractivity contribution in [2.24, 2.45) is 0 Å². The molecule has 70 heteroatoms. The van der Waals surface area contributed by atoms with Crippen LogP contribution in [0, 0.1) is 198 Å². The number of phosphoric acid groups is 9. The molecule has 0 saturated carbocycles. The summed E-state index contributed by atoms with van der Waals surface area (Å²) in [5.41, 5.74) is 13.2. The first-order chi connectivity index (χ1) is 43.8. The zero-order valence-electron chi connectivity index (χ0n) is 47.0. The van der Waals surface area contributed by atoms with E-state index in [2.05, 4.69) is 84.3 Å². The summed E-state index contributed by atoms with van der Waals surface area (Å²) in [5, 5.41) is 61.0. The Morgan fingerprint density at radius 2 is 0.590 bits per heavy atom. The Balaban J connectivity index is 0.000000382. The summed E-state index contributed by atoms with van der Waals surface area (Å²) in [6, 6.07) is 0. The molecule has 0 amide bonds. The molecule has 0 aromatic carbocycles. The van der Waals surface area contributed by atoms with Crippen molar-refractivity contribution < 1.29 is 382 Å². The molecule has 3 fully saturated rings. The van der Waals surface area contributed by atoms with E-state index in [0.29, 0.717) is 0 Å². The molecular weight excluding hydrogens is 2130 g/mol. The maximum atomic E-state index is 11.8. The second kappa shape index (κ2) is 37.3. The zero-order chi connectivity index (χ0) is 72.2. The summed E-state index contributed by atoms with van der Waals surface area (Å²) in [5.74, 6) is -0.898. The van der Waals surface area contributed by atoms with Gasteiger partial charge < -0.3 is 148 Å². The molecule has 57 nitrogen and oxygen atoms in total. The minimum absolute atomic E-state index is 0. The van der Waals surface area contributed by atoms with Crippen LogP contribution in [-0.2, 0) is 94.7 Å². The van der Waals surface area contributed by atoms with Gasteiger partial charge >= 0.3 is 198 Å². The van der Waals surface area contributed by atoms with Crippen LogP contribution < -0.4 is 92.6 Å². The number of hydrogen-bond donors (Lipinski definition) is 12. The number of H-pyrrole nitrogens is 3. The van der Waals surface area contributed by atoms with Crippen molar-refractivity contribution in [2.75, 3.05) is 37.0 Å². The van der Waals surface area contributed by atoms with Gasteiger partial charge in [0.1, 0.15) is 54.9 Å². The first-order valence-electron chi connectivity index (χ1n) is 24.1. The van der Waals surface area contributed by atoms with Crippen LogP contribution in [0.3, 0.4) is 0 Å². The van der Waals surface area contributed by atoms with E-state index in [1.54, 1.807) is 0 Å². The number of hydrogen-bond acceptors (Lipinski definition) is 51. The van der Waals surface area contributed by atoms with Gasteiger partial charge in [0.15, 0.2) is 52.2 Å². The minimum atomic E-state index is -6.17.